The molecule has 0 saturated heterocycles. The van der Waals surface area contributed by atoms with Crippen LogP contribution >= 0.6 is 0 Å². The van der Waals surface area contributed by atoms with Crippen LogP contribution in [-0.2, 0) is 6.54 Å². The molecule has 1 aromatic heterocycles. The normalized spacial score (nSPS) is 11.6. The molecular weight excluding hydrogens is 196 g/mol. The van der Waals surface area contributed by atoms with Gasteiger partial charge in [0.25, 0.3) is 0 Å². The van der Waals surface area contributed by atoms with Gasteiger partial charge in [0, 0.05) is 6.54 Å². The molecule has 0 aliphatic heterocycles. The lowest BCUT2D eigenvalue weighted by Gasteiger charge is -2.02. The third-order valence-corrected chi connectivity index (χ3v) is 2.57. The molecule has 16 heavy (non-hydrogen) atoms. The molecule has 0 unspecified atom stereocenters. The van der Waals surface area contributed by atoms with Crippen molar-refractivity contribution in [1.29, 1.82) is 0 Å². The Morgan fingerprint density at radius 2 is 2.12 bits per heavy atom. The predicted octanol–water partition coefficient (Wildman–Crippen LogP) is 4.05. The molecule has 0 amide bonds. The van der Waals surface area contributed by atoms with Crippen LogP contribution in [0.25, 0.3) is 6.08 Å². The molecule has 0 fully saturated rings. The Hall–Kier alpha value is -1.31. The van der Waals surface area contributed by atoms with Crippen LogP contribution in [-0.4, -0.2) is 9.55 Å². The van der Waals surface area contributed by atoms with Crippen LogP contribution in [0, 0.1) is 0 Å². The molecule has 2 heteroatoms. The van der Waals surface area contributed by atoms with Gasteiger partial charge in [0.05, 0.1) is 18.2 Å². The second-order valence-corrected chi connectivity index (χ2v) is 4.42. The van der Waals surface area contributed by atoms with Gasteiger partial charge < -0.3 is 4.57 Å². The summed E-state index contributed by atoms with van der Waals surface area (Å²) in [5, 5.41) is 0. The van der Waals surface area contributed by atoms with E-state index in [-0.39, 0.29) is 0 Å². The molecule has 0 spiro atoms. The van der Waals surface area contributed by atoms with Crippen molar-refractivity contribution in [2.75, 3.05) is 0 Å². The van der Waals surface area contributed by atoms with Crippen LogP contribution in [0.3, 0.4) is 0 Å². The predicted molar refractivity (Wildman–Crippen MR) is 70.2 cm³/mol. The van der Waals surface area contributed by atoms with E-state index in [1.165, 1.54) is 16.8 Å². The molecular formula is C14H22N2. The Morgan fingerprint density at radius 3 is 2.75 bits per heavy atom. The van der Waals surface area contributed by atoms with Crippen molar-refractivity contribution in [1.82, 2.24) is 9.55 Å². The highest BCUT2D eigenvalue weighted by Crippen LogP contribution is 2.12. The van der Waals surface area contributed by atoms with E-state index in [4.69, 9.17) is 0 Å². The van der Waals surface area contributed by atoms with E-state index >= 15 is 0 Å². The SMILES string of the molecule is CCn1cncc1/C=C(\C)CCC=C(C)C. The van der Waals surface area contributed by atoms with E-state index in [1.807, 2.05) is 12.5 Å². The lowest BCUT2D eigenvalue weighted by molar-refractivity contribution is 0.753. The Balaban J connectivity index is 2.59. The van der Waals surface area contributed by atoms with Crippen LogP contribution in [0.5, 0.6) is 0 Å². The topological polar surface area (TPSA) is 17.8 Å². The average Bonchev–Trinajstić information content (AvgIpc) is 2.64. The Kier molecular flexibility index (Phi) is 5.03. The quantitative estimate of drug-likeness (QED) is 0.682. The summed E-state index contributed by atoms with van der Waals surface area (Å²) >= 11 is 0. The smallest absolute Gasteiger partial charge is 0.0950 e. The molecule has 0 radical (unpaired) electrons. The number of allylic oxidation sites excluding steroid dienone is 3. The van der Waals surface area contributed by atoms with E-state index in [0.29, 0.717) is 0 Å². The van der Waals surface area contributed by atoms with Crippen LogP contribution in [0.1, 0.15) is 46.2 Å². The van der Waals surface area contributed by atoms with Crippen molar-refractivity contribution in [2.45, 2.75) is 47.1 Å². The standard InChI is InChI=1S/C14H22N2/c1-5-16-11-15-10-14(16)9-13(4)8-6-7-12(2)3/h7,9-11H,5-6,8H2,1-4H3/b13-9+. The highest BCUT2D eigenvalue weighted by atomic mass is 15.0. The molecule has 0 saturated carbocycles. The van der Waals surface area contributed by atoms with Crippen LogP contribution in [0.2, 0.25) is 0 Å². The molecule has 0 aromatic carbocycles. The van der Waals surface area contributed by atoms with Crippen molar-refractivity contribution in [2.24, 2.45) is 0 Å². The first-order chi connectivity index (χ1) is 7.63. The maximum Gasteiger partial charge on any atom is 0.0950 e. The van der Waals surface area contributed by atoms with Gasteiger partial charge in [0.15, 0.2) is 0 Å². The van der Waals surface area contributed by atoms with Gasteiger partial charge in [-0.1, -0.05) is 17.2 Å². The molecule has 0 bridgehead atoms. The Morgan fingerprint density at radius 1 is 1.38 bits per heavy atom. The Bertz CT molecular complexity index is 379. The largest absolute Gasteiger partial charge is 0.331 e. The molecule has 1 rings (SSSR count). The van der Waals surface area contributed by atoms with Crippen LogP contribution in [0.15, 0.2) is 29.7 Å². The van der Waals surface area contributed by atoms with Gasteiger partial charge in [-0.05, 0) is 46.6 Å². The summed E-state index contributed by atoms with van der Waals surface area (Å²) in [6, 6.07) is 0. The maximum atomic E-state index is 4.16. The minimum atomic E-state index is 0.979. The van der Waals surface area contributed by atoms with E-state index < -0.39 is 0 Å². The minimum absolute atomic E-state index is 0.979. The molecule has 1 heterocycles. The molecule has 0 aliphatic rings. The summed E-state index contributed by atoms with van der Waals surface area (Å²) in [5.41, 5.74) is 4.01. The van der Waals surface area contributed by atoms with Gasteiger partial charge in [-0.25, -0.2) is 4.98 Å². The third-order valence-electron chi connectivity index (χ3n) is 2.57. The molecule has 0 atom stereocenters. The number of imidazole rings is 1. The van der Waals surface area contributed by atoms with Crippen LogP contribution in [0.4, 0.5) is 0 Å². The molecule has 2 nitrogen and oxygen atoms in total. The van der Waals surface area contributed by atoms with Crippen molar-refractivity contribution < 1.29 is 0 Å². The van der Waals surface area contributed by atoms with Gasteiger partial charge >= 0.3 is 0 Å². The second-order valence-electron chi connectivity index (χ2n) is 4.42. The summed E-state index contributed by atoms with van der Waals surface area (Å²) in [7, 11) is 0. The van der Waals surface area contributed by atoms with E-state index in [1.54, 1.807) is 0 Å². The first-order valence-electron chi connectivity index (χ1n) is 5.94. The number of hydrogen-bond donors (Lipinski definition) is 0. The van der Waals surface area contributed by atoms with Crippen molar-refractivity contribution in [3.8, 4) is 0 Å². The number of aromatic nitrogens is 2. The zero-order valence-corrected chi connectivity index (χ0v) is 10.8. The number of aryl methyl sites for hydroxylation is 1. The van der Waals surface area contributed by atoms with E-state index in [0.717, 1.165) is 19.4 Å². The number of rotatable bonds is 5. The fourth-order valence-corrected chi connectivity index (χ4v) is 1.63. The summed E-state index contributed by atoms with van der Waals surface area (Å²) < 4.78 is 2.16. The molecule has 0 aliphatic carbocycles. The molecule has 88 valence electrons. The van der Waals surface area contributed by atoms with Crippen LogP contribution < -0.4 is 0 Å². The highest BCUT2D eigenvalue weighted by molar-refractivity contribution is 5.47. The maximum absolute atomic E-state index is 4.16. The van der Waals surface area contributed by atoms with E-state index in [9.17, 15) is 0 Å². The number of nitrogens with zero attached hydrogens (tertiary/aromatic N) is 2. The zero-order valence-electron chi connectivity index (χ0n) is 10.8. The lowest BCUT2D eigenvalue weighted by atomic mass is 10.1. The first kappa shape index (κ1) is 12.8. The second kappa shape index (κ2) is 6.31. The first-order valence-corrected chi connectivity index (χ1v) is 5.94. The van der Waals surface area contributed by atoms with E-state index in [2.05, 4.69) is 49.4 Å². The van der Waals surface area contributed by atoms with Crippen molar-refractivity contribution in [3.05, 3.63) is 35.4 Å². The fourth-order valence-electron chi connectivity index (χ4n) is 1.63. The third kappa shape index (κ3) is 4.05. The summed E-state index contributed by atoms with van der Waals surface area (Å²) in [4.78, 5) is 4.16. The van der Waals surface area contributed by atoms with Crippen molar-refractivity contribution >= 4 is 6.08 Å². The molecule has 0 N–H and O–H groups in total. The lowest BCUT2D eigenvalue weighted by Crippen LogP contribution is -1.94. The van der Waals surface area contributed by atoms with Gasteiger partial charge in [0.1, 0.15) is 0 Å². The summed E-state index contributed by atoms with van der Waals surface area (Å²) in [6.45, 7) is 9.59. The van der Waals surface area contributed by atoms with Gasteiger partial charge in [-0.3, -0.25) is 0 Å². The van der Waals surface area contributed by atoms with Gasteiger partial charge in [0.2, 0.25) is 0 Å². The average molecular weight is 218 g/mol. The molecule has 1 aromatic rings. The Labute approximate surface area is 98.7 Å². The van der Waals surface area contributed by atoms with Gasteiger partial charge in [-0.15, -0.1) is 0 Å². The van der Waals surface area contributed by atoms with Gasteiger partial charge in [-0.2, -0.15) is 0 Å². The summed E-state index contributed by atoms with van der Waals surface area (Å²) in [6.07, 6.45) is 10.6. The number of hydrogen-bond acceptors (Lipinski definition) is 1. The highest BCUT2D eigenvalue weighted by Gasteiger charge is 1.97. The zero-order chi connectivity index (χ0) is 12.0. The van der Waals surface area contributed by atoms with Crippen molar-refractivity contribution in [3.63, 3.8) is 0 Å². The monoisotopic (exact) mass is 218 g/mol. The minimum Gasteiger partial charge on any atom is -0.331 e. The fraction of sp³-hybridized carbons (Fsp3) is 0.500. The summed E-state index contributed by atoms with van der Waals surface area (Å²) in [5.74, 6) is 0.